The average molecular weight is 403 g/mol. The number of nitrogens with zero attached hydrogens (tertiary/aromatic N) is 4. The van der Waals surface area contributed by atoms with Crippen LogP contribution in [0.3, 0.4) is 0 Å². The van der Waals surface area contributed by atoms with Crippen molar-refractivity contribution in [2.75, 3.05) is 0 Å². The van der Waals surface area contributed by atoms with Gasteiger partial charge in [0.2, 0.25) is 4.96 Å². The van der Waals surface area contributed by atoms with Gasteiger partial charge in [-0.1, -0.05) is 57.6 Å². The van der Waals surface area contributed by atoms with E-state index in [0.29, 0.717) is 0 Å². The average Bonchev–Trinajstić information content (AvgIpc) is 3.15. The van der Waals surface area contributed by atoms with Crippen LogP contribution < -0.4 is 0 Å². The number of rotatable bonds is 4. The molecule has 0 saturated carbocycles. The molecule has 0 radical (unpaired) electrons. The first-order valence-electron chi connectivity index (χ1n) is 6.94. The van der Waals surface area contributed by atoms with Crippen LogP contribution in [0, 0.1) is 0 Å². The summed E-state index contributed by atoms with van der Waals surface area (Å²) in [5.74, 6) is 1.61. The fraction of sp³-hybridized carbons (Fsp3) is 0.0625. The molecule has 0 unspecified atom stereocenters. The predicted molar refractivity (Wildman–Crippen MR) is 97.8 cm³/mol. The molecule has 0 aliphatic heterocycles. The zero-order chi connectivity index (χ0) is 15.6. The van der Waals surface area contributed by atoms with E-state index in [2.05, 4.69) is 55.5 Å². The minimum atomic E-state index is 0.743. The molecular weight excluding hydrogens is 392 g/mol. The third-order valence-electron chi connectivity index (χ3n) is 3.24. The maximum atomic E-state index is 4.67. The van der Waals surface area contributed by atoms with E-state index >= 15 is 0 Å². The minimum absolute atomic E-state index is 0.743. The van der Waals surface area contributed by atoms with E-state index in [0.717, 1.165) is 31.6 Å². The second kappa shape index (κ2) is 6.43. The van der Waals surface area contributed by atoms with Crippen molar-refractivity contribution in [3.8, 4) is 10.6 Å². The number of benzene rings is 2. The van der Waals surface area contributed by atoms with Gasteiger partial charge in [-0.15, -0.1) is 22.0 Å². The standard InChI is InChI=1S/C16H11BrN4S2/c17-12-6-4-5-11(9-12)15-20-21-14(18-19-16(21)23-15)10-22-13-7-2-1-3-8-13/h1-9H,10H2. The van der Waals surface area contributed by atoms with Crippen LogP contribution in [0.1, 0.15) is 5.82 Å². The first-order chi connectivity index (χ1) is 11.3. The van der Waals surface area contributed by atoms with E-state index in [1.165, 1.54) is 4.90 Å². The van der Waals surface area contributed by atoms with Crippen LogP contribution in [0.5, 0.6) is 0 Å². The first-order valence-corrected chi connectivity index (χ1v) is 9.54. The summed E-state index contributed by atoms with van der Waals surface area (Å²) in [6, 6.07) is 18.4. The van der Waals surface area contributed by atoms with E-state index in [9.17, 15) is 0 Å². The lowest BCUT2D eigenvalue weighted by atomic mass is 10.2. The fourth-order valence-electron chi connectivity index (χ4n) is 2.15. The molecule has 2 heterocycles. The molecule has 4 nitrogen and oxygen atoms in total. The van der Waals surface area contributed by atoms with Crippen molar-refractivity contribution >= 4 is 44.0 Å². The predicted octanol–water partition coefficient (Wildman–Crippen LogP) is 4.91. The lowest BCUT2D eigenvalue weighted by Crippen LogP contribution is -1.94. The zero-order valence-electron chi connectivity index (χ0n) is 11.9. The number of fused-ring (bicyclic) bond motifs is 1. The van der Waals surface area contributed by atoms with Crippen molar-refractivity contribution in [2.45, 2.75) is 10.6 Å². The summed E-state index contributed by atoms with van der Waals surface area (Å²) in [4.78, 5) is 2.04. The second-order valence-electron chi connectivity index (χ2n) is 4.83. The van der Waals surface area contributed by atoms with Crippen molar-refractivity contribution in [1.82, 2.24) is 19.8 Å². The molecule has 0 aliphatic carbocycles. The highest BCUT2D eigenvalue weighted by Gasteiger charge is 2.13. The highest BCUT2D eigenvalue weighted by Crippen LogP contribution is 2.29. The Kier molecular flexibility index (Phi) is 4.15. The summed E-state index contributed by atoms with van der Waals surface area (Å²) >= 11 is 6.78. The molecule has 114 valence electrons. The molecule has 0 atom stereocenters. The van der Waals surface area contributed by atoms with E-state index in [-0.39, 0.29) is 0 Å². The maximum absolute atomic E-state index is 4.67. The Morgan fingerprint density at radius 3 is 2.74 bits per heavy atom. The van der Waals surface area contributed by atoms with E-state index in [1.807, 2.05) is 34.8 Å². The zero-order valence-corrected chi connectivity index (χ0v) is 15.1. The lowest BCUT2D eigenvalue weighted by molar-refractivity contribution is 0.887. The number of aromatic nitrogens is 4. The molecule has 4 aromatic rings. The van der Waals surface area contributed by atoms with Crippen LogP contribution in [0.25, 0.3) is 15.5 Å². The number of hydrogen-bond donors (Lipinski definition) is 0. The molecular formula is C16H11BrN4S2. The topological polar surface area (TPSA) is 43.1 Å². The quantitative estimate of drug-likeness (QED) is 0.455. The Balaban J connectivity index is 1.62. The number of halogens is 1. The Morgan fingerprint density at radius 1 is 1.04 bits per heavy atom. The van der Waals surface area contributed by atoms with Crippen LogP contribution in [0.4, 0.5) is 0 Å². The molecule has 7 heteroatoms. The summed E-state index contributed by atoms with van der Waals surface area (Å²) in [5.41, 5.74) is 1.08. The maximum Gasteiger partial charge on any atom is 0.235 e. The van der Waals surface area contributed by atoms with Gasteiger partial charge in [0, 0.05) is 14.9 Å². The normalized spacial score (nSPS) is 11.2. The monoisotopic (exact) mass is 402 g/mol. The lowest BCUT2D eigenvalue weighted by Gasteiger charge is -1.99. The molecule has 0 bridgehead atoms. The SMILES string of the molecule is Brc1cccc(-c2nn3c(CSc4ccccc4)nnc3s2)c1. The van der Waals surface area contributed by atoms with Crippen LogP contribution >= 0.6 is 39.0 Å². The van der Waals surface area contributed by atoms with Crippen LogP contribution in [0.2, 0.25) is 0 Å². The molecule has 4 rings (SSSR count). The molecule has 0 N–H and O–H groups in total. The highest BCUT2D eigenvalue weighted by molar-refractivity contribution is 9.10. The van der Waals surface area contributed by atoms with Crippen LogP contribution in [-0.4, -0.2) is 19.8 Å². The van der Waals surface area contributed by atoms with Gasteiger partial charge < -0.3 is 0 Å². The summed E-state index contributed by atoms with van der Waals surface area (Å²) in [5, 5.41) is 14.1. The third-order valence-corrected chi connectivity index (χ3v) is 5.69. The minimum Gasteiger partial charge on any atom is -0.186 e. The van der Waals surface area contributed by atoms with Gasteiger partial charge in [-0.3, -0.25) is 0 Å². The number of hydrogen-bond acceptors (Lipinski definition) is 5. The molecule has 0 spiro atoms. The van der Waals surface area contributed by atoms with Crippen molar-refractivity contribution in [3.05, 3.63) is 64.9 Å². The van der Waals surface area contributed by atoms with Crippen LogP contribution in [-0.2, 0) is 5.75 Å². The number of thioether (sulfide) groups is 1. The van der Waals surface area contributed by atoms with Gasteiger partial charge >= 0.3 is 0 Å². The Hall–Kier alpha value is -1.70. The summed E-state index contributed by atoms with van der Waals surface area (Å²) in [7, 11) is 0. The van der Waals surface area contributed by atoms with E-state index in [4.69, 9.17) is 0 Å². The largest absolute Gasteiger partial charge is 0.235 e. The first kappa shape index (κ1) is 14.9. The molecule has 2 aromatic heterocycles. The van der Waals surface area contributed by atoms with Gasteiger partial charge in [0.05, 0.1) is 5.75 Å². The molecule has 23 heavy (non-hydrogen) atoms. The van der Waals surface area contributed by atoms with Gasteiger partial charge in [0.25, 0.3) is 0 Å². The summed E-state index contributed by atoms with van der Waals surface area (Å²) < 4.78 is 2.89. The smallest absolute Gasteiger partial charge is 0.186 e. The molecule has 2 aromatic carbocycles. The van der Waals surface area contributed by atoms with Gasteiger partial charge in [-0.05, 0) is 24.3 Å². The van der Waals surface area contributed by atoms with Crippen molar-refractivity contribution < 1.29 is 0 Å². The van der Waals surface area contributed by atoms with E-state index < -0.39 is 0 Å². The Bertz CT molecular complexity index is 949. The van der Waals surface area contributed by atoms with Gasteiger partial charge in [0.1, 0.15) is 5.01 Å². The summed E-state index contributed by atoms with van der Waals surface area (Å²) in [6.07, 6.45) is 0. The van der Waals surface area contributed by atoms with Crippen molar-refractivity contribution in [2.24, 2.45) is 0 Å². The summed E-state index contributed by atoms with van der Waals surface area (Å²) in [6.45, 7) is 0. The van der Waals surface area contributed by atoms with Crippen molar-refractivity contribution in [1.29, 1.82) is 0 Å². The molecule has 0 amide bonds. The van der Waals surface area contributed by atoms with Gasteiger partial charge in [-0.2, -0.15) is 9.61 Å². The van der Waals surface area contributed by atoms with Gasteiger partial charge in [-0.25, -0.2) is 0 Å². The Morgan fingerprint density at radius 2 is 1.91 bits per heavy atom. The second-order valence-corrected chi connectivity index (χ2v) is 7.75. The Labute approximate surface area is 149 Å². The molecule has 0 saturated heterocycles. The van der Waals surface area contributed by atoms with Crippen molar-refractivity contribution in [3.63, 3.8) is 0 Å². The third kappa shape index (κ3) is 3.17. The van der Waals surface area contributed by atoms with E-state index in [1.54, 1.807) is 23.1 Å². The van der Waals surface area contributed by atoms with Crippen LogP contribution in [0.15, 0.2) is 64.0 Å². The molecule has 0 fully saturated rings. The van der Waals surface area contributed by atoms with Gasteiger partial charge in [0.15, 0.2) is 5.82 Å². The highest BCUT2D eigenvalue weighted by atomic mass is 79.9. The fourth-order valence-corrected chi connectivity index (χ4v) is 4.23. The molecule has 0 aliphatic rings.